The number of carbonyl (C=O) groups excluding carboxylic acids is 1. The summed E-state index contributed by atoms with van der Waals surface area (Å²) < 4.78 is 5.17. The Morgan fingerprint density at radius 2 is 2.00 bits per heavy atom. The zero-order chi connectivity index (χ0) is 11.3. The van der Waals surface area contributed by atoms with Crippen molar-refractivity contribution in [3.8, 4) is 0 Å². The van der Waals surface area contributed by atoms with Gasteiger partial charge in [-0.05, 0) is 19.3 Å². The minimum Gasteiger partial charge on any atom is -0.459 e. The van der Waals surface area contributed by atoms with E-state index in [0.29, 0.717) is 0 Å². The Morgan fingerprint density at radius 3 is 2.60 bits per heavy atom. The molecule has 0 aromatic carbocycles. The monoisotopic (exact) mass is 214 g/mol. The highest BCUT2D eigenvalue weighted by Crippen LogP contribution is 2.19. The van der Waals surface area contributed by atoms with Crippen molar-refractivity contribution in [1.29, 1.82) is 0 Å². The van der Waals surface area contributed by atoms with Gasteiger partial charge >= 0.3 is 5.97 Å². The Balaban J connectivity index is 2.33. The summed E-state index contributed by atoms with van der Waals surface area (Å²) in [5.74, 6) is -0.536. The summed E-state index contributed by atoms with van der Waals surface area (Å²) in [6.07, 6.45) is 3.70. The van der Waals surface area contributed by atoms with Crippen molar-refractivity contribution in [2.75, 3.05) is 6.54 Å². The molecule has 0 radical (unpaired) electrons. The molecule has 86 valence electrons. The van der Waals surface area contributed by atoms with Crippen LogP contribution in [0.5, 0.6) is 0 Å². The average molecular weight is 214 g/mol. The van der Waals surface area contributed by atoms with E-state index in [-0.39, 0.29) is 24.7 Å². The summed E-state index contributed by atoms with van der Waals surface area (Å²) in [4.78, 5) is 14.8. The molecule has 0 heterocycles. The zero-order valence-electron chi connectivity index (χ0n) is 8.69. The van der Waals surface area contributed by atoms with Crippen molar-refractivity contribution in [2.45, 2.75) is 37.8 Å². The first-order valence-electron chi connectivity index (χ1n) is 5.10. The molecular weight excluding hydrogens is 196 g/mol. The smallest absolute Gasteiger partial charge is 0.328 e. The first-order valence-corrected chi connectivity index (χ1v) is 5.10. The molecule has 6 nitrogen and oxygen atoms in total. The molecule has 1 saturated carbocycles. The summed E-state index contributed by atoms with van der Waals surface area (Å²) >= 11 is 0. The molecule has 2 unspecified atom stereocenters. The summed E-state index contributed by atoms with van der Waals surface area (Å²) in [5.41, 5.74) is 16.0. The molecule has 6 heteroatoms. The maximum atomic E-state index is 11.3. The minimum atomic E-state index is -0.425. The van der Waals surface area contributed by atoms with Crippen molar-refractivity contribution < 1.29 is 9.53 Å². The summed E-state index contributed by atoms with van der Waals surface area (Å²) in [7, 11) is 0. The number of esters is 1. The van der Waals surface area contributed by atoms with E-state index in [1.54, 1.807) is 0 Å². The van der Waals surface area contributed by atoms with Gasteiger partial charge in [0.15, 0.2) is 5.96 Å². The van der Waals surface area contributed by atoms with Crippen LogP contribution in [0.2, 0.25) is 0 Å². The van der Waals surface area contributed by atoms with E-state index in [1.165, 1.54) is 0 Å². The van der Waals surface area contributed by atoms with Gasteiger partial charge in [0, 0.05) is 6.04 Å². The molecule has 6 N–H and O–H groups in total. The second-order valence-electron chi connectivity index (χ2n) is 3.72. The van der Waals surface area contributed by atoms with Crippen LogP contribution in [0.1, 0.15) is 25.7 Å². The van der Waals surface area contributed by atoms with Gasteiger partial charge in [0.1, 0.15) is 12.6 Å². The maximum absolute atomic E-state index is 11.3. The second kappa shape index (κ2) is 5.55. The minimum absolute atomic E-state index is 0.0538. The lowest BCUT2D eigenvalue weighted by atomic mass is 9.93. The highest BCUT2D eigenvalue weighted by Gasteiger charge is 2.24. The molecule has 0 saturated heterocycles. The van der Waals surface area contributed by atoms with Crippen LogP contribution in [-0.4, -0.2) is 30.6 Å². The van der Waals surface area contributed by atoms with Crippen LogP contribution in [0.3, 0.4) is 0 Å². The number of guanidine groups is 1. The highest BCUT2D eigenvalue weighted by atomic mass is 16.5. The van der Waals surface area contributed by atoms with Crippen LogP contribution < -0.4 is 17.2 Å². The highest BCUT2D eigenvalue weighted by molar-refractivity contribution is 5.80. The predicted octanol–water partition coefficient (Wildman–Crippen LogP) is -0.927. The predicted molar refractivity (Wildman–Crippen MR) is 57.0 cm³/mol. The number of carbonyl (C=O) groups is 1. The van der Waals surface area contributed by atoms with Crippen molar-refractivity contribution in [1.82, 2.24) is 0 Å². The number of aliphatic imine (C=N–C) groups is 1. The fourth-order valence-electron chi connectivity index (χ4n) is 1.63. The SMILES string of the molecule is NC(N)=NCC(=O)OC1CCCCC1N. The number of rotatable bonds is 3. The average Bonchev–Trinajstić information content (AvgIpc) is 2.18. The standard InChI is InChI=1S/C9H18N4O2/c10-6-3-1-2-4-7(6)15-8(14)5-13-9(11)12/h6-7H,1-5,10H2,(H4,11,12,13). The van der Waals surface area contributed by atoms with E-state index in [0.717, 1.165) is 25.7 Å². The summed E-state index contributed by atoms with van der Waals surface area (Å²) in [6, 6.07) is -0.0538. The molecule has 0 bridgehead atoms. The fraction of sp³-hybridized carbons (Fsp3) is 0.778. The van der Waals surface area contributed by atoms with Gasteiger partial charge in [-0.2, -0.15) is 0 Å². The van der Waals surface area contributed by atoms with Gasteiger partial charge < -0.3 is 21.9 Å². The molecule has 0 aliphatic heterocycles. The van der Waals surface area contributed by atoms with E-state index < -0.39 is 5.97 Å². The van der Waals surface area contributed by atoms with E-state index in [2.05, 4.69) is 4.99 Å². The van der Waals surface area contributed by atoms with Crippen LogP contribution in [0, 0.1) is 0 Å². The third-order valence-corrected chi connectivity index (χ3v) is 2.43. The molecule has 1 aliphatic rings. The van der Waals surface area contributed by atoms with Crippen LogP contribution in [-0.2, 0) is 9.53 Å². The molecule has 1 rings (SSSR count). The van der Waals surface area contributed by atoms with Gasteiger partial charge in [-0.15, -0.1) is 0 Å². The molecule has 15 heavy (non-hydrogen) atoms. The van der Waals surface area contributed by atoms with Crippen molar-refractivity contribution >= 4 is 11.9 Å². The van der Waals surface area contributed by atoms with Gasteiger partial charge in [-0.25, -0.2) is 4.99 Å². The third kappa shape index (κ3) is 4.16. The largest absolute Gasteiger partial charge is 0.459 e. The lowest BCUT2D eigenvalue weighted by molar-refractivity contribution is -0.149. The van der Waals surface area contributed by atoms with Crippen LogP contribution in [0.4, 0.5) is 0 Å². The van der Waals surface area contributed by atoms with Gasteiger partial charge in [0.2, 0.25) is 0 Å². The molecule has 1 fully saturated rings. The normalized spacial score (nSPS) is 25.7. The van der Waals surface area contributed by atoms with E-state index in [4.69, 9.17) is 21.9 Å². The van der Waals surface area contributed by atoms with Crippen molar-refractivity contribution in [3.63, 3.8) is 0 Å². The van der Waals surface area contributed by atoms with Gasteiger partial charge in [0.25, 0.3) is 0 Å². The molecule has 1 aliphatic carbocycles. The fourth-order valence-corrected chi connectivity index (χ4v) is 1.63. The number of hydrogen-bond acceptors (Lipinski definition) is 4. The van der Waals surface area contributed by atoms with E-state index in [1.807, 2.05) is 0 Å². The zero-order valence-corrected chi connectivity index (χ0v) is 8.69. The Labute approximate surface area is 88.8 Å². The quantitative estimate of drug-likeness (QED) is 0.319. The maximum Gasteiger partial charge on any atom is 0.328 e. The Morgan fingerprint density at radius 1 is 1.33 bits per heavy atom. The van der Waals surface area contributed by atoms with E-state index >= 15 is 0 Å². The van der Waals surface area contributed by atoms with Crippen LogP contribution >= 0.6 is 0 Å². The number of ether oxygens (including phenoxy) is 1. The van der Waals surface area contributed by atoms with Crippen LogP contribution in [0.25, 0.3) is 0 Å². The van der Waals surface area contributed by atoms with Gasteiger partial charge in [0.05, 0.1) is 0 Å². The number of nitrogens with two attached hydrogens (primary N) is 3. The molecule has 2 atom stereocenters. The molecular formula is C9H18N4O2. The molecule has 0 amide bonds. The topological polar surface area (TPSA) is 117 Å². The summed E-state index contributed by atoms with van der Waals surface area (Å²) in [6.45, 7) is -0.133. The van der Waals surface area contributed by atoms with Crippen LogP contribution in [0.15, 0.2) is 4.99 Å². The Bertz CT molecular complexity index is 250. The molecule has 0 aromatic heterocycles. The lowest BCUT2D eigenvalue weighted by Gasteiger charge is -2.27. The number of nitrogens with zero attached hydrogens (tertiary/aromatic N) is 1. The van der Waals surface area contributed by atoms with Gasteiger partial charge in [-0.3, -0.25) is 4.79 Å². The number of hydrogen-bond donors (Lipinski definition) is 3. The van der Waals surface area contributed by atoms with Gasteiger partial charge in [-0.1, -0.05) is 6.42 Å². The first-order chi connectivity index (χ1) is 7.09. The van der Waals surface area contributed by atoms with Crippen molar-refractivity contribution in [3.05, 3.63) is 0 Å². The first kappa shape index (κ1) is 11.8. The van der Waals surface area contributed by atoms with E-state index in [9.17, 15) is 4.79 Å². The molecule has 0 aromatic rings. The van der Waals surface area contributed by atoms with Crippen molar-refractivity contribution in [2.24, 2.45) is 22.2 Å². The third-order valence-electron chi connectivity index (χ3n) is 2.43. The second-order valence-corrected chi connectivity index (χ2v) is 3.72. The Hall–Kier alpha value is -1.30. The lowest BCUT2D eigenvalue weighted by Crippen LogP contribution is -2.41. The summed E-state index contributed by atoms with van der Waals surface area (Å²) in [5, 5.41) is 0. The Kier molecular flexibility index (Phi) is 4.36. The molecule has 0 spiro atoms.